The molecular weight excluding hydrogens is 470 g/mol. The van der Waals surface area contributed by atoms with Gasteiger partial charge in [0.2, 0.25) is 5.95 Å². The lowest BCUT2D eigenvalue weighted by Crippen LogP contribution is -2.18. The van der Waals surface area contributed by atoms with E-state index in [9.17, 15) is 4.79 Å². The Hall–Kier alpha value is -4.55. The maximum absolute atomic E-state index is 13.0. The number of para-hydroxylation sites is 1. The average molecular weight is 502 g/mol. The number of rotatable bonds is 8. The van der Waals surface area contributed by atoms with Crippen molar-refractivity contribution in [1.82, 2.24) is 14.9 Å². The Bertz CT molecular complexity index is 1560. The number of aromatic nitrogens is 2. The van der Waals surface area contributed by atoms with Crippen LogP contribution >= 0.6 is 0 Å². The molecule has 0 fully saturated rings. The minimum atomic E-state index is -0.146. The molecule has 6 heteroatoms. The molecule has 0 unspecified atom stereocenters. The largest absolute Gasteiger partial charge is 0.324 e. The van der Waals surface area contributed by atoms with Crippen LogP contribution in [0.25, 0.3) is 10.9 Å². The van der Waals surface area contributed by atoms with Crippen LogP contribution in [0.2, 0.25) is 0 Å². The molecule has 190 valence electrons. The molecule has 1 heterocycles. The quantitative estimate of drug-likeness (QED) is 0.243. The van der Waals surface area contributed by atoms with E-state index in [2.05, 4.69) is 75.0 Å². The third-order valence-corrected chi connectivity index (χ3v) is 6.50. The number of amides is 1. The number of nitrogens with zero attached hydrogens (tertiary/aromatic N) is 3. The summed E-state index contributed by atoms with van der Waals surface area (Å²) in [5.74, 6) is 0.385. The molecule has 1 amide bonds. The number of carbonyl (C=O) groups is 1. The number of benzene rings is 4. The summed E-state index contributed by atoms with van der Waals surface area (Å²) in [6, 6.07) is 31.9. The number of hydrogen-bond acceptors (Lipinski definition) is 5. The van der Waals surface area contributed by atoms with Gasteiger partial charge in [0.25, 0.3) is 5.91 Å². The van der Waals surface area contributed by atoms with Gasteiger partial charge < -0.3 is 10.6 Å². The Morgan fingerprint density at radius 2 is 1.50 bits per heavy atom. The van der Waals surface area contributed by atoms with E-state index in [0.29, 0.717) is 11.5 Å². The lowest BCUT2D eigenvalue weighted by molar-refractivity contribution is 0.102. The molecule has 0 saturated carbocycles. The highest BCUT2D eigenvalue weighted by molar-refractivity contribution is 6.04. The Morgan fingerprint density at radius 1 is 0.789 bits per heavy atom. The first kappa shape index (κ1) is 25.1. The van der Waals surface area contributed by atoms with Gasteiger partial charge in [0, 0.05) is 35.4 Å². The highest BCUT2D eigenvalue weighted by Crippen LogP contribution is 2.22. The van der Waals surface area contributed by atoms with Crippen molar-refractivity contribution in [2.24, 2.45) is 0 Å². The van der Waals surface area contributed by atoms with Gasteiger partial charge in [0.15, 0.2) is 0 Å². The Balaban J connectivity index is 1.23. The van der Waals surface area contributed by atoms with E-state index in [1.54, 1.807) is 12.1 Å². The van der Waals surface area contributed by atoms with Crippen LogP contribution in [0.1, 0.15) is 32.7 Å². The van der Waals surface area contributed by atoms with E-state index in [1.165, 1.54) is 5.56 Å². The minimum Gasteiger partial charge on any atom is -0.324 e. The average Bonchev–Trinajstić information content (AvgIpc) is 2.91. The standard InChI is InChI=1S/C32H31N5O/c1-22-13-14-25(21-37(3)20-24-9-5-4-6-10-24)19-30(22)35-31(38)26-15-17-27(18-16-26)34-32-33-23(2)28-11-7-8-12-29(28)36-32/h4-19H,20-21H2,1-3H3,(H,35,38)(H,33,34,36). The first-order chi connectivity index (χ1) is 18.4. The smallest absolute Gasteiger partial charge is 0.255 e. The van der Waals surface area contributed by atoms with Gasteiger partial charge in [-0.2, -0.15) is 0 Å². The van der Waals surface area contributed by atoms with Crippen LogP contribution < -0.4 is 10.6 Å². The fourth-order valence-electron chi connectivity index (χ4n) is 4.48. The summed E-state index contributed by atoms with van der Waals surface area (Å²) in [6.07, 6.45) is 0. The van der Waals surface area contributed by atoms with Crippen molar-refractivity contribution in [3.05, 3.63) is 125 Å². The number of fused-ring (bicyclic) bond motifs is 1. The molecule has 0 saturated heterocycles. The van der Waals surface area contributed by atoms with Gasteiger partial charge in [0.1, 0.15) is 0 Å². The second-order valence-electron chi connectivity index (χ2n) is 9.61. The van der Waals surface area contributed by atoms with Gasteiger partial charge in [-0.15, -0.1) is 0 Å². The zero-order valence-electron chi connectivity index (χ0n) is 21.9. The third-order valence-electron chi connectivity index (χ3n) is 6.50. The lowest BCUT2D eigenvalue weighted by atomic mass is 10.1. The molecule has 0 bridgehead atoms. The molecule has 0 aliphatic rings. The van der Waals surface area contributed by atoms with Crippen molar-refractivity contribution < 1.29 is 4.79 Å². The number of hydrogen-bond donors (Lipinski definition) is 2. The second-order valence-corrected chi connectivity index (χ2v) is 9.61. The SMILES string of the molecule is Cc1ccc(CN(C)Cc2ccccc2)cc1NC(=O)c1ccc(Nc2nc(C)c3ccccc3n2)cc1. The molecule has 5 aromatic rings. The zero-order chi connectivity index (χ0) is 26.5. The van der Waals surface area contributed by atoms with E-state index in [4.69, 9.17) is 0 Å². The molecule has 0 aliphatic carbocycles. The van der Waals surface area contributed by atoms with Gasteiger partial charge in [-0.3, -0.25) is 9.69 Å². The minimum absolute atomic E-state index is 0.146. The summed E-state index contributed by atoms with van der Waals surface area (Å²) in [6.45, 7) is 5.63. The number of nitrogens with one attached hydrogen (secondary N) is 2. The summed E-state index contributed by atoms with van der Waals surface area (Å²) in [7, 11) is 2.10. The maximum Gasteiger partial charge on any atom is 0.255 e. The van der Waals surface area contributed by atoms with Crippen LogP contribution in [0, 0.1) is 13.8 Å². The molecule has 2 N–H and O–H groups in total. The molecule has 0 aliphatic heterocycles. The van der Waals surface area contributed by atoms with E-state index in [0.717, 1.165) is 52.2 Å². The molecular formula is C32H31N5O. The highest BCUT2D eigenvalue weighted by atomic mass is 16.1. The van der Waals surface area contributed by atoms with Crippen molar-refractivity contribution in [3.63, 3.8) is 0 Å². The fraction of sp³-hybridized carbons (Fsp3) is 0.156. The van der Waals surface area contributed by atoms with E-state index >= 15 is 0 Å². The summed E-state index contributed by atoms with van der Waals surface area (Å²) in [5.41, 5.74) is 7.47. The van der Waals surface area contributed by atoms with Gasteiger partial charge in [-0.05, 0) is 74.0 Å². The Kier molecular flexibility index (Phi) is 7.43. The molecule has 1 aromatic heterocycles. The van der Waals surface area contributed by atoms with Crippen LogP contribution in [-0.2, 0) is 13.1 Å². The van der Waals surface area contributed by atoms with Crippen molar-refractivity contribution in [2.45, 2.75) is 26.9 Å². The van der Waals surface area contributed by atoms with Crippen LogP contribution in [0.3, 0.4) is 0 Å². The molecule has 5 rings (SSSR count). The van der Waals surface area contributed by atoms with E-state index < -0.39 is 0 Å². The molecule has 0 radical (unpaired) electrons. The Morgan fingerprint density at radius 3 is 2.29 bits per heavy atom. The summed E-state index contributed by atoms with van der Waals surface area (Å²) < 4.78 is 0. The molecule has 6 nitrogen and oxygen atoms in total. The van der Waals surface area contributed by atoms with E-state index in [-0.39, 0.29) is 5.91 Å². The topological polar surface area (TPSA) is 70.2 Å². The summed E-state index contributed by atoms with van der Waals surface area (Å²) in [5, 5.41) is 7.36. The van der Waals surface area contributed by atoms with Gasteiger partial charge in [-0.1, -0.05) is 60.7 Å². The predicted molar refractivity (Wildman–Crippen MR) is 155 cm³/mol. The summed E-state index contributed by atoms with van der Waals surface area (Å²) in [4.78, 5) is 24.5. The van der Waals surface area contributed by atoms with Crippen molar-refractivity contribution >= 4 is 34.1 Å². The first-order valence-corrected chi connectivity index (χ1v) is 12.7. The molecule has 4 aromatic carbocycles. The van der Waals surface area contributed by atoms with E-state index in [1.807, 2.05) is 56.3 Å². The van der Waals surface area contributed by atoms with Gasteiger partial charge >= 0.3 is 0 Å². The van der Waals surface area contributed by atoms with Crippen molar-refractivity contribution in [3.8, 4) is 0 Å². The van der Waals surface area contributed by atoms with Crippen LogP contribution in [0.15, 0.2) is 97.1 Å². The van der Waals surface area contributed by atoms with Gasteiger partial charge in [-0.25, -0.2) is 9.97 Å². The molecule has 0 spiro atoms. The molecule has 38 heavy (non-hydrogen) atoms. The second kappa shape index (κ2) is 11.2. The Labute approximate surface area is 223 Å². The van der Waals surface area contributed by atoms with Crippen LogP contribution in [0.4, 0.5) is 17.3 Å². The van der Waals surface area contributed by atoms with Gasteiger partial charge in [0.05, 0.1) is 11.2 Å². The third kappa shape index (κ3) is 6.05. The summed E-state index contributed by atoms with van der Waals surface area (Å²) >= 11 is 0. The monoisotopic (exact) mass is 501 g/mol. The number of carbonyl (C=O) groups excluding carboxylic acids is 1. The molecule has 0 atom stereocenters. The van der Waals surface area contributed by atoms with Crippen molar-refractivity contribution in [1.29, 1.82) is 0 Å². The predicted octanol–water partition coefficient (Wildman–Crippen LogP) is 6.87. The zero-order valence-corrected chi connectivity index (χ0v) is 21.9. The van der Waals surface area contributed by atoms with Crippen LogP contribution in [-0.4, -0.2) is 27.8 Å². The fourth-order valence-corrected chi connectivity index (χ4v) is 4.48. The normalized spacial score (nSPS) is 11.1. The maximum atomic E-state index is 13.0. The highest BCUT2D eigenvalue weighted by Gasteiger charge is 2.11. The van der Waals surface area contributed by atoms with Crippen LogP contribution in [0.5, 0.6) is 0 Å². The lowest BCUT2D eigenvalue weighted by Gasteiger charge is -2.18. The number of anilines is 3. The number of aryl methyl sites for hydroxylation is 2. The van der Waals surface area contributed by atoms with Crippen molar-refractivity contribution in [2.75, 3.05) is 17.7 Å². The first-order valence-electron chi connectivity index (χ1n) is 12.7.